The summed E-state index contributed by atoms with van der Waals surface area (Å²) < 4.78 is 0. The first-order valence-corrected chi connectivity index (χ1v) is 8.44. The molecule has 0 amide bonds. The number of nitro benzene ring substituents is 1. The third kappa shape index (κ3) is 5.52. The molecular formula is C16H16Cl2N2O4S. The van der Waals surface area contributed by atoms with E-state index in [4.69, 9.17) is 22.4 Å². The molecule has 6 nitrogen and oxygen atoms in total. The summed E-state index contributed by atoms with van der Waals surface area (Å²) in [6, 6.07) is 11.3. The van der Waals surface area contributed by atoms with Crippen LogP contribution in [0.5, 0.6) is 0 Å². The highest BCUT2D eigenvalue weighted by molar-refractivity contribution is 7.99. The van der Waals surface area contributed by atoms with Crippen molar-refractivity contribution in [3.05, 3.63) is 68.7 Å². The number of nitrogens with two attached hydrogens (primary N) is 1. The molecular weight excluding hydrogens is 387 g/mol. The van der Waals surface area contributed by atoms with Crippen LogP contribution in [0.1, 0.15) is 22.8 Å². The summed E-state index contributed by atoms with van der Waals surface area (Å²) >= 11 is 7.60. The quantitative estimate of drug-likeness (QED) is 0.399. The van der Waals surface area contributed by atoms with Gasteiger partial charge in [0.05, 0.1) is 16.6 Å². The van der Waals surface area contributed by atoms with Crippen molar-refractivity contribution < 1.29 is 14.8 Å². The summed E-state index contributed by atoms with van der Waals surface area (Å²) in [7, 11) is 0. The molecule has 25 heavy (non-hydrogen) atoms. The van der Waals surface area contributed by atoms with Crippen molar-refractivity contribution in [1.29, 1.82) is 0 Å². The minimum Gasteiger partial charge on any atom is -0.481 e. The molecule has 0 aliphatic carbocycles. The normalized spacial score (nSPS) is 11.4. The van der Waals surface area contributed by atoms with E-state index in [-0.39, 0.29) is 24.5 Å². The Morgan fingerprint density at radius 3 is 2.56 bits per heavy atom. The number of nitrogens with zero attached hydrogens (tertiary/aromatic N) is 1. The number of hydrogen-bond acceptors (Lipinski definition) is 5. The highest BCUT2D eigenvalue weighted by Gasteiger charge is 2.22. The Morgan fingerprint density at radius 2 is 1.96 bits per heavy atom. The number of halogens is 2. The van der Waals surface area contributed by atoms with Crippen molar-refractivity contribution in [2.24, 2.45) is 0 Å². The van der Waals surface area contributed by atoms with E-state index in [9.17, 15) is 14.9 Å². The zero-order chi connectivity index (χ0) is 17.7. The van der Waals surface area contributed by atoms with Crippen LogP contribution in [0.25, 0.3) is 0 Å². The number of non-ortho nitro benzene ring substituents is 1. The lowest BCUT2D eigenvalue weighted by Gasteiger charge is -2.20. The second kappa shape index (κ2) is 9.50. The zero-order valence-corrected chi connectivity index (χ0v) is 15.3. The van der Waals surface area contributed by atoms with Crippen molar-refractivity contribution in [2.45, 2.75) is 11.7 Å². The van der Waals surface area contributed by atoms with Gasteiger partial charge in [-0.3, -0.25) is 14.9 Å². The van der Waals surface area contributed by atoms with E-state index in [1.807, 2.05) is 0 Å². The maximum atomic E-state index is 11.0. The summed E-state index contributed by atoms with van der Waals surface area (Å²) in [5.74, 6) is -0.583. The van der Waals surface area contributed by atoms with Crippen LogP contribution in [0.4, 0.5) is 11.4 Å². The highest BCUT2D eigenvalue weighted by atomic mass is 35.5. The zero-order valence-electron chi connectivity index (χ0n) is 12.9. The first kappa shape index (κ1) is 21.1. The van der Waals surface area contributed by atoms with Gasteiger partial charge >= 0.3 is 5.97 Å². The second-order valence-electron chi connectivity index (χ2n) is 4.99. The Morgan fingerprint density at radius 1 is 1.28 bits per heavy atom. The number of nitrogen functional groups attached to an aromatic ring is 1. The number of nitro groups is 1. The van der Waals surface area contributed by atoms with E-state index in [0.717, 1.165) is 5.56 Å². The van der Waals surface area contributed by atoms with Crippen molar-refractivity contribution in [1.82, 2.24) is 0 Å². The minimum atomic E-state index is -0.910. The molecule has 0 saturated heterocycles. The fourth-order valence-electron chi connectivity index (χ4n) is 2.20. The Hall–Kier alpha value is -1.96. The van der Waals surface area contributed by atoms with Crippen LogP contribution in [-0.4, -0.2) is 21.8 Å². The molecule has 1 atom stereocenters. The van der Waals surface area contributed by atoms with Crippen LogP contribution >= 0.6 is 35.8 Å². The Bertz CT molecular complexity index is 774. The molecule has 0 fully saturated rings. The lowest BCUT2D eigenvalue weighted by molar-refractivity contribution is -0.384. The van der Waals surface area contributed by atoms with E-state index < -0.39 is 16.1 Å². The molecule has 0 aliphatic rings. The molecule has 1 unspecified atom stereocenters. The van der Waals surface area contributed by atoms with E-state index in [1.165, 1.54) is 30.0 Å². The smallest absolute Gasteiger partial charge is 0.304 e. The Kier molecular flexibility index (Phi) is 8.02. The molecule has 0 aliphatic heterocycles. The summed E-state index contributed by atoms with van der Waals surface area (Å²) in [6.45, 7) is 0. The average molecular weight is 403 g/mol. The van der Waals surface area contributed by atoms with Gasteiger partial charge in [0.15, 0.2) is 0 Å². The van der Waals surface area contributed by atoms with Crippen molar-refractivity contribution in [3.8, 4) is 0 Å². The van der Waals surface area contributed by atoms with Gasteiger partial charge < -0.3 is 10.8 Å². The van der Waals surface area contributed by atoms with Crippen LogP contribution in [0.3, 0.4) is 0 Å². The predicted molar refractivity (Wildman–Crippen MR) is 103 cm³/mol. The van der Waals surface area contributed by atoms with Crippen molar-refractivity contribution in [3.63, 3.8) is 0 Å². The summed E-state index contributed by atoms with van der Waals surface area (Å²) in [6.07, 6.45) is -0.0273. The molecule has 0 heterocycles. The van der Waals surface area contributed by atoms with Gasteiger partial charge in [-0.1, -0.05) is 29.8 Å². The highest BCUT2D eigenvalue weighted by Crippen LogP contribution is 2.42. The predicted octanol–water partition coefficient (Wildman–Crippen LogP) is 4.55. The Labute approximate surface area is 159 Å². The summed E-state index contributed by atoms with van der Waals surface area (Å²) in [5.41, 5.74) is 7.62. The van der Waals surface area contributed by atoms with Crippen LogP contribution < -0.4 is 5.73 Å². The van der Waals surface area contributed by atoms with Gasteiger partial charge in [0.25, 0.3) is 5.69 Å². The standard InChI is InChI=1S/C16H15ClN2O4S.ClH/c17-13-4-2-1-3-11(13)16(24-8-7-15(20)21)12-9-10(19(22)23)5-6-14(12)18;/h1-6,9,16H,7-8,18H2,(H,20,21);1H. The van der Waals surface area contributed by atoms with Gasteiger partial charge in [-0.15, -0.1) is 24.2 Å². The van der Waals surface area contributed by atoms with E-state index in [1.54, 1.807) is 24.3 Å². The van der Waals surface area contributed by atoms with Crippen molar-refractivity contribution in [2.75, 3.05) is 11.5 Å². The number of carbonyl (C=O) groups is 1. The van der Waals surface area contributed by atoms with Gasteiger partial charge in [-0.25, -0.2) is 0 Å². The molecule has 9 heteroatoms. The number of aliphatic carboxylic acids is 1. The van der Waals surface area contributed by atoms with Crippen molar-refractivity contribution >= 4 is 53.1 Å². The number of rotatable bonds is 7. The number of carboxylic acids is 1. The average Bonchev–Trinajstić information content (AvgIpc) is 2.53. The first-order valence-electron chi connectivity index (χ1n) is 7.01. The maximum absolute atomic E-state index is 11.0. The van der Waals surface area contributed by atoms with Crippen LogP contribution in [0.15, 0.2) is 42.5 Å². The van der Waals surface area contributed by atoms with Crippen LogP contribution in [0, 0.1) is 10.1 Å². The molecule has 134 valence electrons. The molecule has 0 saturated carbocycles. The van der Waals surface area contributed by atoms with E-state index in [2.05, 4.69) is 0 Å². The Balaban J connectivity index is 0.00000312. The molecule has 0 radical (unpaired) electrons. The second-order valence-corrected chi connectivity index (χ2v) is 6.61. The van der Waals surface area contributed by atoms with Crippen LogP contribution in [-0.2, 0) is 4.79 Å². The number of anilines is 1. The maximum Gasteiger partial charge on any atom is 0.304 e. The monoisotopic (exact) mass is 402 g/mol. The number of thioether (sulfide) groups is 1. The molecule has 3 N–H and O–H groups in total. The van der Waals surface area contributed by atoms with Gasteiger partial charge in [-0.05, 0) is 23.3 Å². The summed E-state index contributed by atoms with van der Waals surface area (Å²) in [5, 5.41) is 20.0. The van der Waals surface area contributed by atoms with E-state index in [0.29, 0.717) is 22.0 Å². The largest absolute Gasteiger partial charge is 0.481 e. The number of hydrogen-bond donors (Lipinski definition) is 2. The van der Waals surface area contributed by atoms with Gasteiger partial charge in [0, 0.05) is 28.6 Å². The fourth-order valence-corrected chi connectivity index (χ4v) is 3.81. The van der Waals surface area contributed by atoms with Gasteiger partial charge in [0.1, 0.15) is 0 Å². The summed E-state index contributed by atoms with van der Waals surface area (Å²) in [4.78, 5) is 21.3. The molecule has 2 rings (SSSR count). The minimum absolute atomic E-state index is 0. The van der Waals surface area contributed by atoms with Gasteiger partial charge in [-0.2, -0.15) is 0 Å². The molecule has 0 aromatic heterocycles. The molecule has 2 aromatic rings. The fraction of sp³-hybridized carbons (Fsp3) is 0.188. The first-order chi connectivity index (χ1) is 11.4. The lowest BCUT2D eigenvalue weighted by atomic mass is 10.0. The lowest BCUT2D eigenvalue weighted by Crippen LogP contribution is -2.06. The van der Waals surface area contributed by atoms with E-state index >= 15 is 0 Å². The molecule has 2 aromatic carbocycles. The van der Waals surface area contributed by atoms with Crippen LogP contribution in [0.2, 0.25) is 5.02 Å². The number of carboxylic acid groups (broad SMARTS) is 1. The number of benzene rings is 2. The topological polar surface area (TPSA) is 106 Å². The molecule has 0 bridgehead atoms. The third-order valence-corrected chi connectivity index (χ3v) is 4.98. The third-order valence-electron chi connectivity index (χ3n) is 3.35. The molecule has 0 spiro atoms. The van der Waals surface area contributed by atoms with Gasteiger partial charge in [0.2, 0.25) is 0 Å². The SMILES string of the molecule is Cl.Nc1ccc([N+](=O)[O-])cc1C(SCCC(=O)O)c1ccccc1Cl.